The lowest BCUT2D eigenvalue weighted by atomic mass is 9.67. The molecule has 0 saturated heterocycles. The van der Waals surface area contributed by atoms with Crippen molar-refractivity contribution in [3.05, 3.63) is 53.6 Å². The van der Waals surface area contributed by atoms with Crippen molar-refractivity contribution < 1.29 is 14.3 Å². The second-order valence-corrected chi connectivity index (χ2v) is 8.13. The third-order valence-electron chi connectivity index (χ3n) is 6.13. The Morgan fingerprint density at radius 1 is 0.964 bits per heavy atom. The fraction of sp³-hybridized carbons (Fsp3) is 0.458. The summed E-state index contributed by atoms with van der Waals surface area (Å²) in [4.78, 5) is 13.0. The lowest BCUT2D eigenvalue weighted by Crippen LogP contribution is -2.30. The van der Waals surface area contributed by atoms with E-state index in [0.717, 1.165) is 11.3 Å². The molecule has 4 nitrogen and oxygen atoms in total. The number of methoxy groups -OCH3 is 2. The number of nitrogens with one attached hydrogen (secondary N) is 1. The zero-order valence-electron chi connectivity index (χ0n) is 17.4. The monoisotopic (exact) mass is 381 g/mol. The van der Waals surface area contributed by atoms with Crippen LogP contribution < -0.4 is 14.8 Å². The van der Waals surface area contributed by atoms with Crippen LogP contribution >= 0.6 is 0 Å². The molecule has 0 atom stereocenters. The lowest BCUT2D eigenvalue weighted by Gasteiger charge is -2.38. The summed E-state index contributed by atoms with van der Waals surface area (Å²) in [6.45, 7) is 4.59. The normalized spacial score (nSPS) is 15.1. The molecule has 1 aliphatic rings. The SMILES string of the molecule is COc1cc(C(C)(C)C2CCCCC2)cc(OC)c1C(=O)Nc1ccccc1. The molecule has 0 heterocycles. The fourth-order valence-corrected chi connectivity index (χ4v) is 4.28. The van der Waals surface area contributed by atoms with Gasteiger partial charge in [0.25, 0.3) is 5.91 Å². The Hall–Kier alpha value is -2.49. The van der Waals surface area contributed by atoms with Crippen LogP contribution in [0.3, 0.4) is 0 Å². The van der Waals surface area contributed by atoms with Gasteiger partial charge in [-0.25, -0.2) is 0 Å². The summed E-state index contributed by atoms with van der Waals surface area (Å²) in [6, 6.07) is 13.4. The van der Waals surface area contributed by atoms with Gasteiger partial charge in [0.15, 0.2) is 0 Å². The van der Waals surface area contributed by atoms with Crippen molar-refractivity contribution in [2.75, 3.05) is 19.5 Å². The quantitative estimate of drug-likeness (QED) is 0.686. The Morgan fingerprint density at radius 3 is 2.07 bits per heavy atom. The minimum atomic E-state index is -0.234. The van der Waals surface area contributed by atoms with Gasteiger partial charge < -0.3 is 14.8 Å². The molecule has 1 N–H and O–H groups in total. The molecule has 1 saturated carbocycles. The molecule has 0 spiro atoms. The predicted octanol–water partition coefficient (Wildman–Crippen LogP) is 5.81. The molecule has 0 aliphatic heterocycles. The molecule has 2 aromatic carbocycles. The van der Waals surface area contributed by atoms with Crippen molar-refractivity contribution in [2.45, 2.75) is 51.4 Å². The highest BCUT2D eigenvalue weighted by Gasteiger charge is 2.34. The molecular formula is C24H31NO3. The number of anilines is 1. The van der Waals surface area contributed by atoms with Gasteiger partial charge in [0, 0.05) is 5.69 Å². The van der Waals surface area contributed by atoms with E-state index in [1.54, 1.807) is 14.2 Å². The summed E-state index contributed by atoms with van der Waals surface area (Å²) in [5, 5.41) is 2.93. The molecule has 1 aliphatic carbocycles. The van der Waals surface area contributed by atoms with Crippen LogP contribution in [0.2, 0.25) is 0 Å². The maximum atomic E-state index is 13.0. The first-order valence-corrected chi connectivity index (χ1v) is 10.1. The highest BCUT2D eigenvalue weighted by molar-refractivity contribution is 6.08. The molecule has 0 radical (unpaired) electrons. The maximum absolute atomic E-state index is 13.0. The molecule has 4 heteroatoms. The van der Waals surface area contributed by atoms with E-state index in [9.17, 15) is 4.79 Å². The number of para-hydroxylation sites is 1. The molecule has 1 amide bonds. The van der Waals surface area contributed by atoms with Gasteiger partial charge in [-0.15, -0.1) is 0 Å². The Labute approximate surface area is 168 Å². The number of ether oxygens (including phenoxy) is 2. The average molecular weight is 382 g/mol. The van der Waals surface area contributed by atoms with Crippen LogP contribution in [0.4, 0.5) is 5.69 Å². The van der Waals surface area contributed by atoms with Crippen molar-refractivity contribution in [1.29, 1.82) is 0 Å². The van der Waals surface area contributed by atoms with Gasteiger partial charge in [-0.3, -0.25) is 4.79 Å². The van der Waals surface area contributed by atoms with Crippen LogP contribution in [0.5, 0.6) is 11.5 Å². The largest absolute Gasteiger partial charge is 0.496 e. The standard InChI is InChI=1S/C24H31NO3/c1-24(2,17-11-7-5-8-12-17)18-15-20(27-3)22(21(16-18)28-4)23(26)25-19-13-9-6-10-14-19/h6,9-10,13-17H,5,7-8,11-12H2,1-4H3,(H,25,26). The highest BCUT2D eigenvalue weighted by Crippen LogP contribution is 2.44. The minimum Gasteiger partial charge on any atom is -0.496 e. The predicted molar refractivity (Wildman–Crippen MR) is 114 cm³/mol. The zero-order chi connectivity index (χ0) is 20.1. The van der Waals surface area contributed by atoms with E-state index in [4.69, 9.17) is 9.47 Å². The van der Waals surface area contributed by atoms with Crippen LogP contribution in [-0.4, -0.2) is 20.1 Å². The summed E-state index contributed by atoms with van der Waals surface area (Å²) in [7, 11) is 3.21. The van der Waals surface area contributed by atoms with Crippen molar-refractivity contribution in [2.24, 2.45) is 5.92 Å². The van der Waals surface area contributed by atoms with E-state index in [1.807, 2.05) is 42.5 Å². The Morgan fingerprint density at radius 2 is 1.54 bits per heavy atom. The minimum absolute atomic E-state index is 0.00455. The zero-order valence-corrected chi connectivity index (χ0v) is 17.4. The lowest BCUT2D eigenvalue weighted by molar-refractivity contribution is 0.102. The molecular weight excluding hydrogens is 350 g/mol. The third-order valence-corrected chi connectivity index (χ3v) is 6.13. The van der Waals surface area contributed by atoms with Gasteiger partial charge in [0.05, 0.1) is 14.2 Å². The topological polar surface area (TPSA) is 47.6 Å². The first-order chi connectivity index (χ1) is 13.5. The van der Waals surface area contributed by atoms with Crippen LogP contribution in [0, 0.1) is 5.92 Å². The van der Waals surface area contributed by atoms with Crippen molar-refractivity contribution in [3.8, 4) is 11.5 Å². The van der Waals surface area contributed by atoms with Gasteiger partial charge in [0.2, 0.25) is 0 Å². The van der Waals surface area contributed by atoms with E-state index in [0.29, 0.717) is 23.0 Å². The first kappa shape index (κ1) is 20.2. The van der Waals surface area contributed by atoms with Gasteiger partial charge in [-0.1, -0.05) is 51.3 Å². The van der Waals surface area contributed by atoms with Crippen LogP contribution in [0.15, 0.2) is 42.5 Å². The average Bonchev–Trinajstić information content (AvgIpc) is 2.73. The van der Waals surface area contributed by atoms with Crippen molar-refractivity contribution in [3.63, 3.8) is 0 Å². The summed E-state index contributed by atoms with van der Waals surface area (Å²) in [5.41, 5.74) is 2.32. The van der Waals surface area contributed by atoms with Crippen LogP contribution in [-0.2, 0) is 5.41 Å². The highest BCUT2D eigenvalue weighted by atomic mass is 16.5. The number of rotatable bonds is 6. The fourth-order valence-electron chi connectivity index (χ4n) is 4.28. The second-order valence-electron chi connectivity index (χ2n) is 8.13. The number of benzene rings is 2. The molecule has 0 aromatic heterocycles. The van der Waals surface area contributed by atoms with E-state index < -0.39 is 0 Å². The molecule has 0 bridgehead atoms. The van der Waals surface area contributed by atoms with E-state index >= 15 is 0 Å². The van der Waals surface area contributed by atoms with Crippen molar-refractivity contribution >= 4 is 11.6 Å². The van der Waals surface area contributed by atoms with Gasteiger partial charge in [-0.2, -0.15) is 0 Å². The number of hydrogen-bond acceptors (Lipinski definition) is 3. The number of carbonyl (C=O) groups excluding carboxylic acids is 1. The van der Waals surface area contributed by atoms with Gasteiger partial charge in [-0.05, 0) is 54.0 Å². The smallest absolute Gasteiger partial charge is 0.263 e. The van der Waals surface area contributed by atoms with E-state index in [1.165, 1.54) is 32.1 Å². The number of carbonyl (C=O) groups is 1. The number of hydrogen-bond donors (Lipinski definition) is 1. The Balaban J connectivity index is 1.97. The summed E-state index contributed by atoms with van der Waals surface area (Å²) in [5.74, 6) is 1.49. The van der Waals surface area contributed by atoms with Gasteiger partial charge >= 0.3 is 0 Å². The third kappa shape index (κ3) is 4.16. The van der Waals surface area contributed by atoms with E-state index in [-0.39, 0.29) is 11.3 Å². The van der Waals surface area contributed by atoms with E-state index in [2.05, 4.69) is 19.2 Å². The molecule has 0 unspecified atom stereocenters. The molecule has 3 rings (SSSR count). The first-order valence-electron chi connectivity index (χ1n) is 10.1. The van der Waals surface area contributed by atoms with Crippen molar-refractivity contribution in [1.82, 2.24) is 0 Å². The Bertz CT molecular complexity index is 783. The Kier molecular flexibility index (Phi) is 6.28. The molecule has 2 aromatic rings. The molecule has 1 fully saturated rings. The van der Waals surface area contributed by atoms with Crippen LogP contribution in [0.25, 0.3) is 0 Å². The summed E-state index contributed by atoms with van der Waals surface area (Å²) < 4.78 is 11.3. The maximum Gasteiger partial charge on any atom is 0.263 e. The molecule has 150 valence electrons. The van der Waals surface area contributed by atoms with Crippen LogP contribution in [0.1, 0.15) is 61.9 Å². The summed E-state index contributed by atoms with van der Waals surface area (Å²) in [6.07, 6.45) is 6.40. The number of amides is 1. The van der Waals surface area contributed by atoms with Gasteiger partial charge in [0.1, 0.15) is 17.1 Å². The molecule has 28 heavy (non-hydrogen) atoms. The summed E-state index contributed by atoms with van der Waals surface area (Å²) >= 11 is 0. The second kappa shape index (κ2) is 8.68.